The van der Waals surface area contributed by atoms with Gasteiger partial charge in [0.1, 0.15) is 30.3 Å². The Bertz CT molecular complexity index is 1020. The van der Waals surface area contributed by atoms with Gasteiger partial charge in [0.25, 0.3) is 5.91 Å². The standard InChI is InChI=1S/C23H23N3O4/c1-23(14-29-18-6-4-3-5-7-18)15-30-20-10-8-16(12-19(20)26-23)22(27)25-17-9-11-21(28-2)24-13-17/h3-13,26H,14-15H2,1-2H3,(H,25,27). The minimum atomic E-state index is -0.433. The lowest BCUT2D eigenvalue weighted by molar-refractivity contribution is 0.102. The summed E-state index contributed by atoms with van der Waals surface area (Å²) in [5.41, 5.74) is 1.41. The normalized spacial score (nSPS) is 17.1. The molecule has 7 nitrogen and oxygen atoms in total. The number of pyridine rings is 1. The molecule has 0 fully saturated rings. The summed E-state index contributed by atoms with van der Waals surface area (Å²) in [7, 11) is 1.54. The maximum atomic E-state index is 12.7. The van der Waals surface area contributed by atoms with Crippen LogP contribution in [0.2, 0.25) is 0 Å². The molecule has 0 radical (unpaired) electrons. The fourth-order valence-corrected chi connectivity index (χ4v) is 3.11. The number of hydrogen-bond acceptors (Lipinski definition) is 6. The van der Waals surface area contributed by atoms with Crippen LogP contribution >= 0.6 is 0 Å². The number of fused-ring (bicyclic) bond motifs is 1. The third-order valence-corrected chi connectivity index (χ3v) is 4.73. The van der Waals surface area contributed by atoms with Gasteiger partial charge in [0.05, 0.1) is 24.7 Å². The first-order valence-corrected chi connectivity index (χ1v) is 9.59. The Morgan fingerprint density at radius 2 is 2.03 bits per heavy atom. The van der Waals surface area contributed by atoms with Gasteiger partial charge in [0.2, 0.25) is 5.88 Å². The van der Waals surface area contributed by atoms with Crippen LogP contribution in [0.4, 0.5) is 11.4 Å². The summed E-state index contributed by atoms with van der Waals surface area (Å²) in [6.45, 7) is 2.90. The van der Waals surface area contributed by atoms with E-state index in [2.05, 4.69) is 15.6 Å². The molecule has 4 rings (SSSR count). The molecule has 0 saturated heterocycles. The van der Waals surface area contributed by atoms with Gasteiger partial charge in [0.15, 0.2) is 0 Å². The fraction of sp³-hybridized carbons (Fsp3) is 0.217. The van der Waals surface area contributed by atoms with E-state index in [-0.39, 0.29) is 5.91 Å². The lowest BCUT2D eigenvalue weighted by Gasteiger charge is -2.36. The zero-order valence-corrected chi connectivity index (χ0v) is 16.8. The molecule has 7 heteroatoms. The molecule has 0 saturated carbocycles. The van der Waals surface area contributed by atoms with Crippen LogP contribution in [0.3, 0.4) is 0 Å². The van der Waals surface area contributed by atoms with Gasteiger partial charge in [-0.25, -0.2) is 4.98 Å². The molecule has 3 aromatic rings. The van der Waals surface area contributed by atoms with Crippen molar-refractivity contribution in [1.29, 1.82) is 0 Å². The van der Waals surface area contributed by atoms with Crippen LogP contribution in [0.25, 0.3) is 0 Å². The molecule has 2 heterocycles. The number of nitrogens with zero attached hydrogens (tertiary/aromatic N) is 1. The van der Waals surface area contributed by atoms with Gasteiger partial charge in [-0.3, -0.25) is 4.79 Å². The predicted octanol–water partition coefficient (Wildman–Crippen LogP) is 3.98. The molecule has 0 aliphatic carbocycles. The molecule has 2 aromatic carbocycles. The van der Waals surface area contributed by atoms with E-state index in [1.54, 1.807) is 43.6 Å². The van der Waals surface area contributed by atoms with Gasteiger partial charge < -0.3 is 24.8 Å². The van der Waals surface area contributed by atoms with Crippen molar-refractivity contribution in [3.63, 3.8) is 0 Å². The molecule has 154 valence electrons. The second-order valence-corrected chi connectivity index (χ2v) is 7.33. The topological polar surface area (TPSA) is 81.7 Å². The zero-order chi connectivity index (χ0) is 21.0. The summed E-state index contributed by atoms with van der Waals surface area (Å²) in [6, 6.07) is 18.4. The zero-order valence-electron chi connectivity index (χ0n) is 16.8. The van der Waals surface area contributed by atoms with Gasteiger partial charge >= 0.3 is 0 Å². The summed E-state index contributed by atoms with van der Waals surface area (Å²) in [5.74, 6) is 1.75. The van der Waals surface area contributed by atoms with Crippen LogP contribution in [0.5, 0.6) is 17.4 Å². The Morgan fingerprint density at radius 3 is 2.77 bits per heavy atom. The summed E-state index contributed by atoms with van der Waals surface area (Å²) < 4.78 is 16.8. The monoisotopic (exact) mass is 405 g/mol. The Hall–Kier alpha value is -3.74. The minimum Gasteiger partial charge on any atom is -0.491 e. The van der Waals surface area contributed by atoms with E-state index in [1.165, 1.54) is 0 Å². The van der Waals surface area contributed by atoms with Crippen LogP contribution in [-0.4, -0.2) is 36.8 Å². The van der Waals surface area contributed by atoms with E-state index in [1.807, 2.05) is 37.3 Å². The SMILES string of the molecule is COc1ccc(NC(=O)c2ccc3c(c2)NC(C)(COc2ccccc2)CO3)cn1. The average Bonchev–Trinajstić information content (AvgIpc) is 2.78. The number of methoxy groups -OCH3 is 1. The van der Waals surface area contributed by atoms with Crippen LogP contribution in [-0.2, 0) is 0 Å². The van der Waals surface area contributed by atoms with Gasteiger partial charge in [0, 0.05) is 11.6 Å². The molecule has 2 N–H and O–H groups in total. The van der Waals surface area contributed by atoms with E-state index < -0.39 is 5.54 Å². The van der Waals surface area contributed by atoms with Gasteiger partial charge in [-0.15, -0.1) is 0 Å². The number of aromatic nitrogens is 1. The third kappa shape index (κ3) is 4.46. The van der Waals surface area contributed by atoms with Crippen LogP contribution in [0, 0.1) is 0 Å². The second kappa shape index (κ2) is 8.32. The number of nitrogens with one attached hydrogen (secondary N) is 2. The summed E-state index contributed by atoms with van der Waals surface area (Å²) in [6.07, 6.45) is 1.55. The Morgan fingerprint density at radius 1 is 1.20 bits per heavy atom. The molecule has 1 aliphatic heterocycles. The van der Waals surface area contributed by atoms with Crippen molar-refractivity contribution in [3.05, 3.63) is 72.4 Å². The Balaban J connectivity index is 1.44. The minimum absolute atomic E-state index is 0.237. The summed E-state index contributed by atoms with van der Waals surface area (Å²) in [4.78, 5) is 16.8. The first-order chi connectivity index (χ1) is 14.5. The highest BCUT2D eigenvalue weighted by atomic mass is 16.5. The van der Waals surface area contributed by atoms with Gasteiger partial charge in [-0.1, -0.05) is 18.2 Å². The van der Waals surface area contributed by atoms with Crippen molar-refractivity contribution >= 4 is 17.3 Å². The number of amides is 1. The quantitative estimate of drug-likeness (QED) is 0.646. The van der Waals surface area contributed by atoms with E-state index in [0.29, 0.717) is 36.1 Å². The Kier molecular flexibility index (Phi) is 5.43. The highest BCUT2D eigenvalue weighted by Crippen LogP contribution is 2.34. The highest BCUT2D eigenvalue weighted by molar-refractivity contribution is 6.05. The number of anilines is 2. The number of carbonyl (C=O) groups is 1. The Labute approximate surface area is 175 Å². The number of carbonyl (C=O) groups excluding carboxylic acids is 1. The molecule has 0 spiro atoms. The lowest BCUT2D eigenvalue weighted by Crippen LogP contribution is -2.48. The van der Waals surface area contributed by atoms with E-state index in [4.69, 9.17) is 14.2 Å². The number of ether oxygens (including phenoxy) is 3. The van der Waals surface area contributed by atoms with Crippen LogP contribution < -0.4 is 24.8 Å². The van der Waals surface area contributed by atoms with Crippen molar-refractivity contribution in [2.45, 2.75) is 12.5 Å². The van der Waals surface area contributed by atoms with Crippen molar-refractivity contribution in [2.24, 2.45) is 0 Å². The second-order valence-electron chi connectivity index (χ2n) is 7.33. The lowest BCUT2D eigenvalue weighted by atomic mass is 10.0. The largest absolute Gasteiger partial charge is 0.491 e. The number of hydrogen-bond donors (Lipinski definition) is 2. The predicted molar refractivity (Wildman–Crippen MR) is 115 cm³/mol. The van der Waals surface area contributed by atoms with E-state index in [9.17, 15) is 4.79 Å². The number of rotatable bonds is 6. The molecule has 30 heavy (non-hydrogen) atoms. The van der Waals surface area contributed by atoms with Gasteiger partial charge in [-0.05, 0) is 43.3 Å². The summed E-state index contributed by atoms with van der Waals surface area (Å²) >= 11 is 0. The van der Waals surface area contributed by atoms with Crippen LogP contribution in [0.15, 0.2) is 66.9 Å². The molecule has 1 amide bonds. The molecule has 0 bridgehead atoms. The highest BCUT2D eigenvalue weighted by Gasteiger charge is 2.32. The van der Waals surface area contributed by atoms with Crippen LogP contribution in [0.1, 0.15) is 17.3 Å². The van der Waals surface area contributed by atoms with E-state index >= 15 is 0 Å². The third-order valence-electron chi connectivity index (χ3n) is 4.73. The molecule has 1 aromatic heterocycles. The smallest absolute Gasteiger partial charge is 0.255 e. The first kappa shape index (κ1) is 19.6. The van der Waals surface area contributed by atoms with Crippen molar-refractivity contribution in [3.8, 4) is 17.4 Å². The van der Waals surface area contributed by atoms with Crippen molar-refractivity contribution < 1.29 is 19.0 Å². The molecule has 1 aliphatic rings. The molecule has 1 atom stereocenters. The van der Waals surface area contributed by atoms with Gasteiger partial charge in [-0.2, -0.15) is 0 Å². The van der Waals surface area contributed by atoms with E-state index in [0.717, 1.165) is 11.4 Å². The maximum absolute atomic E-state index is 12.7. The number of benzene rings is 2. The van der Waals surface area contributed by atoms with Crippen molar-refractivity contribution in [2.75, 3.05) is 31.0 Å². The summed E-state index contributed by atoms with van der Waals surface area (Å²) in [5, 5.41) is 6.29. The fourth-order valence-electron chi connectivity index (χ4n) is 3.11. The number of para-hydroxylation sites is 1. The first-order valence-electron chi connectivity index (χ1n) is 9.59. The molecular formula is C23H23N3O4. The average molecular weight is 405 g/mol. The molecule has 1 unspecified atom stereocenters. The maximum Gasteiger partial charge on any atom is 0.255 e. The van der Waals surface area contributed by atoms with Crippen molar-refractivity contribution in [1.82, 2.24) is 4.98 Å². The molecular weight excluding hydrogens is 382 g/mol.